The maximum Gasteiger partial charge on any atom is 0.158 e. The zero-order valence-electron chi connectivity index (χ0n) is 14.7. The van der Waals surface area contributed by atoms with E-state index in [4.69, 9.17) is 0 Å². The fraction of sp³-hybridized carbons (Fsp3) is 0.200. The van der Waals surface area contributed by atoms with Gasteiger partial charge in [0.15, 0.2) is 5.82 Å². The van der Waals surface area contributed by atoms with Crippen molar-refractivity contribution in [1.82, 2.24) is 19.7 Å². The van der Waals surface area contributed by atoms with Crippen molar-refractivity contribution in [2.75, 3.05) is 5.43 Å². The number of nitrogens with zero attached hydrogens (tertiary/aromatic N) is 5. The van der Waals surface area contributed by atoms with Crippen LogP contribution >= 0.6 is 11.3 Å². The Morgan fingerprint density at radius 2 is 2.11 bits per heavy atom. The van der Waals surface area contributed by atoms with E-state index < -0.39 is 0 Å². The van der Waals surface area contributed by atoms with Gasteiger partial charge in [0.05, 0.1) is 24.3 Å². The van der Waals surface area contributed by atoms with Crippen LogP contribution in [0.2, 0.25) is 0 Å². The summed E-state index contributed by atoms with van der Waals surface area (Å²) in [6, 6.07) is 10.3. The standard InChI is InChI=1S/C20H18N6S/c1-2-5-14(6-3-1)11-26-12-15(10-24-26)9-23-25-19-18-16-7-4-8-17(16)27-20(18)22-13-21-19/h1-3,5-6,9-10,12-13H,4,7-8,11H2,(H,21,22,25)/b23-9-. The molecule has 0 radical (unpaired) electrons. The second-order valence-electron chi connectivity index (χ2n) is 6.59. The fourth-order valence-corrected chi connectivity index (χ4v) is 4.71. The van der Waals surface area contributed by atoms with E-state index in [2.05, 4.69) is 37.7 Å². The van der Waals surface area contributed by atoms with Crippen LogP contribution in [-0.2, 0) is 19.4 Å². The highest BCUT2D eigenvalue weighted by atomic mass is 32.1. The number of hydrogen-bond donors (Lipinski definition) is 1. The van der Waals surface area contributed by atoms with E-state index >= 15 is 0 Å². The van der Waals surface area contributed by atoms with E-state index in [-0.39, 0.29) is 0 Å². The van der Waals surface area contributed by atoms with Crippen LogP contribution in [0.25, 0.3) is 10.2 Å². The summed E-state index contributed by atoms with van der Waals surface area (Å²) in [6.45, 7) is 0.746. The number of thiophene rings is 1. The lowest BCUT2D eigenvalue weighted by Gasteiger charge is -2.02. The lowest BCUT2D eigenvalue weighted by molar-refractivity contribution is 0.687. The lowest BCUT2D eigenvalue weighted by atomic mass is 10.2. The summed E-state index contributed by atoms with van der Waals surface area (Å²) < 4.78 is 1.91. The van der Waals surface area contributed by atoms with E-state index in [1.807, 2.05) is 35.3 Å². The van der Waals surface area contributed by atoms with Gasteiger partial charge in [-0.05, 0) is 30.4 Å². The van der Waals surface area contributed by atoms with E-state index in [1.54, 1.807) is 23.9 Å². The molecular weight excluding hydrogens is 356 g/mol. The van der Waals surface area contributed by atoms with Gasteiger partial charge < -0.3 is 0 Å². The molecule has 1 aliphatic carbocycles. The van der Waals surface area contributed by atoms with E-state index in [0.29, 0.717) is 0 Å². The molecule has 0 unspecified atom stereocenters. The maximum atomic E-state index is 4.42. The number of aromatic nitrogens is 4. The van der Waals surface area contributed by atoms with Gasteiger partial charge in [-0.2, -0.15) is 10.2 Å². The van der Waals surface area contributed by atoms with Crippen LogP contribution in [0.15, 0.2) is 54.2 Å². The number of aryl methyl sites for hydroxylation is 2. The maximum absolute atomic E-state index is 4.42. The zero-order valence-corrected chi connectivity index (χ0v) is 15.5. The van der Waals surface area contributed by atoms with Crippen molar-refractivity contribution in [2.45, 2.75) is 25.8 Å². The van der Waals surface area contributed by atoms with Crippen molar-refractivity contribution in [3.8, 4) is 0 Å². The number of hydrogen-bond acceptors (Lipinski definition) is 6. The fourth-order valence-electron chi connectivity index (χ4n) is 3.48. The second-order valence-corrected chi connectivity index (χ2v) is 7.67. The molecule has 1 aromatic carbocycles. The largest absolute Gasteiger partial charge is 0.268 e. The first kappa shape index (κ1) is 16.1. The minimum Gasteiger partial charge on any atom is -0.268 e. The van der Waals surface area contributed by atoms with Crippen molar-refractivity contribution >= 4 is 33.6 Å². The molecule has 0 saturated carbocycles. The number of rotatable bonds is 5. The third kappa shape index (κ3) is 3.21. The summed E-state index contributed by atoms with van der Waals surface area (Å²) in [4.78, 5) is 11.3. The zero-order chi connectivity index (χ0) is 18.1. The Bertz CT molecular complexity index is 1110. The Kier molecular flexibility index (Phi) is 4.14. The molecular formula is C20H18N6S. The first-order valence-electron chi connectivity index (χ1n) is 8.97. The molecule has 0 fully saturated rings. The van der Waals surface area contributed by atoms with Gasteiger partial charge in [-0.25, -0.2) is 9.97 Å². The van der Waals surface area contributed by atoms with Gasteiger partial charge in [0.1, 0.15) is 11.2 Å². The SMILES string of the molecule is C(=N/Nc1ncnc2sc3c(c12)CCC3)/c1cnn(Cc2ccccc2)c1. The molecule has 0 atom stereocenters. The van der Waals surface area contributed by atoms with Crippen LogP contribution in [0.3, 0.4) is 0 Å². The van der Waals surface area contributed by atoms with E-state index in [1.165, 1.54) is 22.4 Å². The molecule has 1 N–H and O–H groups in total. The minimum absolute atomic E-state index is 0.746. The molecule has 134 valence electrons. The third-order valence-corrected chi connectivity index (χ3v) is 5.93. The number of benzene rings is 1. The first-order chi connectivity index (χ1) is 13.4. The molecule has 1 aliphatic rings. The van der Waals surface area contributed by atoms with Crippen LogP contribution in [-0.4, -0.2) is 26.0 Å². The minimum atomic E-state index is 0.746. The van der Waals surface area contributed by atoms with Gasteiger partial charge in [0.2, 0.25) is 0 Å². The van der Waals surface area contributed by atoms with Gasteiger partial charge in [-0.15, -0.1) is 11.3 Å². The molecule has 7 heteroatoms. The van der Waals surface area contributed by atoms with Crippen LogP contribution in [0.4, 0.5) is 5.82 Å². The van der Waals surface area contributed by atoms with Crippen LogP contribution < -0.4 is 5.43 Å². The molecule has 4 aromatic rings. The smallest absolute Gasteiger partial charge is 0.158 e. The van der Waals surface area contributed by atoms with Gasteiger partial charge in [0.25, 0.3) is 0 Å². The van der Waals surface area contributed by atoms with Crippen molar-refractivity contribution in [3.05, 3.63) is 70.6 Å². The lowest BCUT2D eigenvalue weighted by Crippen LogP contribution is -1.99. The Morgan fingerprint density at radius 1 is 1.19 bits per heavy atom. The van der Waals surface area contributed by atoms with E-state index in [0.717, 1.165) is 41.0 Å². The van der Waals surface area contributed by atoms with Gasteiger partial charge >= 0.3 is 0 Å². The van der Waals surface area contributed by atoms with Crippen LogP contribution in [0.1, 0.15) is 28.0 Å². The average Bonchev–Trinajstić information content (AvgIpc) is 3.39. The summed E-state index contributed by atoms with van der Waals surface area (Å²) in [5.41, 5.74) is 6.65. The second kappa shape index (κ2) is 6.92. The van der Waals surface area contributed by atoms with Crippen molar-refractivity contribution in [1.29, 1.82) is 0 Å². The summed E-state index contributed by atoms with van der Waals surface area (Å²) >= 11 is 1.78. The number of hydrazone groups is 1. The van der Waals surface area contributed by atoms with Gasteiger partial charge in [-0.1, -0.05) is 30.3 Å². The molecule has 0 bridgehead atoms. The Labute approximate surface area is 160 Å². The number of nitrogens with one attached hydrogen (secondary N) is 1. The molecule has 0 spiro atoms. The van der Waals surface area contributed by atoms with Crippen LogP contribution in [0.5, 0.6) is 0 Å². The number of anilines is 1. The highest BCUT2D eigenvalue weighted by Crippen LogP contribution is 2.38. The molecule has 3 heterocycles. The topological polar surface area (TPSA) is 68.0 Å². The van der Waals surface area contributed by atoms with Crippen LogP contribution in [0, 0.1) is 0 Å². The van der Waals surface area contributed by atoms with Crippen molar-refractivity contribution in [3.63, 3.8) is 0 Å². The summed E-state index contributed by atoms with van der Waals surface area (Å²) in [5.74, 6) is 0.785. The average molecular weight is 374 g/mol. The quantitative estimate of drug-likeness (QED) is 0.425. The monoisotopic (exact) mass is 374 g/mol. The summed E-state index contributed by atoms with van der Waals surface area (Å²) in [6.07, 6.45) is 10.6. The molecule has 27 heavy (non-hydrogen) atoms. The molecule has 6 nitrogen and oxygen atoms in total. The van der Waals surface area contributed by atoms with Crippen molar-refractivity contribution < 1.29 is 0 Å². The number of fused-ring (bicyclic) bond motifs is 3. The molecule has 3 aromatic heterocycles. The molecule has 0 saturated heterocycles. The predicted octanol–water partition coefficient (Wildman–Crippen LogP) is 3.87. The van der Waals surface area contributed by atoms with E-state index in [9.17, 15) is 0 Å². The van der Waals surface area contributed by atoms with Gasteiger partial charge in [-0.3, -0.25) is 10.1 Å². The molecule has 0 aliphatic heterocycles. The Balaban J connectivity index is 1.32. The third-order valence-electron chi connectivity index (χ3n) is 4.73. The molecule has 0 amide bonds. The first-order valence-corrected chi connectivity index (χ1v) is 9.79. The predicted molar refractivity (Wildman–Crippen MR) is 108 cm³/mol. The highest BCUT2D eigenvalue weighted by molar-refractivity contribution is 7.19. The normalized spacial score (nSPS) is 13.5. The Morgan fingerprint density at radius 3 is 3.04 bits per heavy atom. The van der Waals surface area contributed by atoms with Crippen molar-refractivity contribution in [2.24, 2.45) is 5.10 Å². The van der Waals surface area contributed by atoms with Gasteiger partial charge in [0, 0.05) is 16.6 Å². The highest BCUT2D eigenvalue weighted by Gasteiger charge is 2.20. The Hall–Kier alpha value is -3.06. The molecule has 5 rings (SSSR count). The summed E-state index contributed by atoms with van der Waals surface area (Å²) in [5, 5.41) is 9.90. The summed E-state index contributed by atoms with van der Waals surface area (Å²) in [7, 11) is 0.